The Hall–Kier alpha value is -2.80. The molecule has 0 aliphatic rings. The topological polar surface area (TPSA) is 59.3 Å². The van der Waals surface area contributed by atoms with Gasteiger partial charge in [0.1, 0.15) is 17.6 Å². The summed E-state index contributed by atoms with van der Waals surface area (Å²) in [5, 5.41) is 9.02. The minimum absolute atomic E-state index is 0.148. The highest BCUT2D eigenvalue weighted by atomic mass is 16.5. The molecule has 1 atom stereocenters. The first-order chi connectivity index (χ1) is 10.2. The molecule has 4 heteroatoms. The van der Waals surface area contributed by atoms with Gasteiger partial charge in [-0.3, -0.25) is 4.79 Å². The average Bonchev–Trinajstić information content (AvgIpc) is 2.54. The quantitative estimate of drug-likeness (QED) is 0.789. The summed E-state index contributed by atoms with van der Waals surface area (Å²) in [6, 6.07) is 15.7. The summed E-state index contributed by atoms with van der Waals surface area (Å²) in [6.45, 7) is 1.67. The van der Waals surface area contributed by atoms with Gasteiger partial charge in [0.05, 0.1) is 12.7 Å². The van der Waals surface area contributed by atoms with E-state index in [2.05, 4.69) is 0 Å². The van der Waals surface area contributed by atoms with Crippen molar-refractivity contribution in [2.75, 3.05) is 7.11 Å². The van der Waals surface area contributed by atoms with E-state index in [1.54, 1.807) is 62.6 Å². The molecule has 0 aromatic heterocycles. The van der Waals surface area contributed by atoms with E-state index < -0.39 is 6.10 Å². The maximum Gasteiger partial charge on any atom is 0.202 e. The van der Waals surface area contributed by atoms with Crippen LogP contribution >= 0.6 is 0 Å². The lowest BCUT2D eigenvalue weighted by Gasteiger charge is -2.14. The molecule has 21 heavy (non-hydrogen) atoms. The van der Waals surface area contributed by atoms with Gasteiger partial charge in [-0.05, 0) is 43.3 Å². The Bertz CT molecular complexity index is 671. The van der Waals surface area contributed by atoms with Gasteiger partial charge in [-0.25, -0.2) is 0 Å². The van der Waals surface area contributed by atoms with E-state index in [0.717, 1.165) is 0 Å². The lowest BCUT2D eigenvalue weighted by Crippen LogP contribution is -2.24. The third-order valence-electron chi connectivity index (χ3n) is 3.06. The van der Waals surface area contributed by atoms with Crippen LogP contribution in [-0.2, 0) is 0 Å². The van der Waals surface area contributed by atoms with Crippen LogP contribution in [0.3, 0.4) is 0 Å². The predicted molar refractivity (Wildman–Crippen MR) is 78.6 cm³/mol. The van der Waals surface area contributed by atoms with Crippen molar-refractivity contribution in [1.29, 1.82) is 5.26 Å². The number of ether oxygens (including phenoxy) is 2. The Morgan fingerprint density at radius 1 is 1.14 bits per heavy atom. The normalized spacial score (nSPS) is 11.3. The van der Waals surface area contributed by atoms with E-state index >= 15 is 0 Å². The number of Topliss-reactive ketones (excluding diaryl/α,β-unsaturated/α-hetero) is 1. The Balaban J connectivity index is 2.14. The third kappa shape index (κ3) is 3.40. The number of rotatable bonds is 5. The second kappa shape index (κ2) is 6.58. The number of para-hydroxylation sites is 1. The van der Waals surface area contributed by atoms with Gasteiger partial charge in [0.15, 0.2) is 6.10 Å². The smallest absolute Gasteiger partial charge is 0.202 e. The molecular weight excluding hydrogens is 266 g/mol. The number of nitriles is 1. The fraction of sp³-hybridized carbons (Fsp3) is 0.176. The molecule has 106 valence electrons. The Labute approximate surface area is 123 Å². The van der Waals surface area contributed by atoms with Crippen LogP contribution in [0.25, 0.3) is 0 Å². The molecule has 0 aliphatic heterocycles. The predicted octanol–water partition coefficient (Wildman–Crippen LogP) is 3.22. The summed E-state index contributed by atoms with van der Waals surface area (Å²) >= 11 is 0. The number of ketones is 1. The van der Waals surface area contributed by atoms with Gasteiger partial charge in [-0.1, -0.05) is 12.1 Å². The second-order valence-corrected chi connectivity index (χ2v) is 4.46. The zero-order chi connectivity index (χ0) is 15.2. The maximum absolute atomic E-state index is 12.3. The molecule has 0 saturated heterocycles. The summed E-state index contributed by atoms with van der Waals surface area (Å²) in [5.41, 5.74) is 0.949. The SMILES string of the molecule is COc1ccc(C(=O)[C@H](C)Oc2ccccc2C#N)cc1. The molecule has 0 spiro atoms. The summed E-state index contributed by atoms with van der Waals surface area (Å²) in [4.78, 5) is 12.3. The molecule has 0 fully saturated rings. The van der Waals surface area contributed by atoms with E-state index in [-0.39, 0.29) is 5.78 Å². The Morgan fingerprint density at radius 3 is 2.43 bits per heavy atom. The summed E-state index contributed by atoms with van der Waals surface area (Å²) in [7, 11) is 1.57. The van der Waals surface area contributed by atoms with Crippen molar-refractivity contribution in [2.24, 2.45) is 0 Å². The van der Waals surface area contributed by atoms with Crippen LogP contribution in [-0.4, -0.2) is 19.0 Å². The van der Waals surface area contributed by atoms with Crippen molar-refractivity contribution in [1.82, 2.24) is 0 Å². The number of hydrogen-bond donors (Lipinski definition) is 0. The highest BCUT2D eigenvalue weighted by Gasteiger charge is 2.18. The standard InChI is InChI=1S/C17H15NO3/c1-12(21-16-6-4-3-5-14(16)11-18)17(19)13-7-9-15(20-2)10-8-13/h3-10,12H,1-2H3/t12-/m0/s1. The summed E-state index contributed by atoms with van der Waals surface area (Å²) < 4.78 is 10.7. The average molecular weight is 281 g/mol. The molecular formula is C17H15NO3. The molecule has 0 saturated carbocycles. The van der Waals surface area contributed by atoms with Crippen LogP contribution in [0.4, 0.5) is 0 Å². The maximum atomic E-state index is 12.3. The zero-order valence-electron chi connectivity index (χ0n) is 11.9. The van der Waals surface area contributed by atoms with Crippen LogP contribution in [0, 0.1) is 11.3 Å². The molecule has 0 bridgehead atoms. The molecule has 0 N–H and O–H groups in total. The Morgan fingerprint density at radius 2 is 1.81 bits per heavy atom. The molecule has 2 rings (SSSR count). The molecule has 0 amide bonds. The highest BCUT2D eigenvalue weighted by Crippen LogP contribution is 2.20. The van der Waals surface area contributed by atoms with Crippen LogP contribution in [0.2, 0.25) is 0 Å². The molecule has 0 heterocycles. The van der Waals surface area contributed by atoms with Gasteiger partial charge >= 0.3 is 0 Å². The van der Waals surface area contributed by atoms with Crippen molar-refractivity contribution in [3.8, 4) is 17.6 Å². The van der Waals surface area contributed by atoms with Gasteiger partial charge in [0.25, 0.3) is 0 Å². The van der Waals surface area contributed by atoms with Gasteiger partial charge in [-0.15, -0.1) is 0 Å². The molecule has 0 radical (unpaired) electrons. The van der Waals surface area contributed by atoms with Crippen molar-refractivity contribution in [2.45, 2.75) is 13.0 Å². The summed E-state index contributed by atoms with van der Waals surface area (Å²) in [5.74, 6) is 0.953. The first-order valence-corrected chi connectivity index (χ1v) is 6.49. The number of carbonyl (C=O) groups excluding carboxylic acids is 1. The molecule has 2 aromatic carbocycles. The fourth-order valence-electron chi connectivity index (χ4n) is 1.90. The van der Waals surface area contributed by atoms with Crippen LogP contribution < -0.4 is 9.47 Å². The van der Waals surface area contributed by atoms with Gasteiger partial charge < -0.3 is 9.47 Å². The van der Waals surface area contributed by atoms with E-state index in [9.17, 15) is 4.79 Å². The number of methoxy groups -OCH3 is 1. The zero-order valence-corrected chi connectivity index (χ0v) is 11.9. The number of nitrogens with zero attached hydrogens (tertiary/aromatic N) is 1. The lowest BCUT2D eigenvalue weighted by molar-refractivity contribution is 0.0817. The van der Waals surface area contributed by atoms with Crippen LogP contribution in [0.15, 0.2) is 48.5 Å². The monoisotopic (exact) mass is 281 g/mol. The minimum atomic E-state index is -0.673. The fourth-order valence-corrected chi connectivity index (χ4v) is 1.90. The second-order valence-electron chi connectivity index (χ2n) is 4.46. The Kier molecular flexibility index (Phi) is 4.57. The number of hydrogen-bond acceptors (Lipinski definition) is 4. The van der Waals surface area contributed by atoms with Gasteiger partial charge in [0, 0.05) is 5.56 Å². The van der Waals surface area contributed by atoms with Gasteiger partial charge in [-0.2, -0.15) is 5.26 Å². The van der Waals surface area contributed by atoms with E-state index in [1.807, 2.05) is 6.07 Å². The first-order valence-electron chi connectivity index (χ1n) is 6.49. The summed E-state index contributed by atoms with van der Waals surface area (Å²) in [6.07, 6.45) is -0.673. The van der Waals surface area contributed by atoms with E-state index in [0.29, 0.717) is 22.6 Å². The van der Waals surface area contributed by atoms with Crippen molar-refractivity contribution in [3.05, 3.63) is 59.7 Å². The van der Waals surface area contributed by atoms with Crippen molar-refractivity contribution in [3.63, 3.8) is 0 Å². The molecule has 0 unspecified atom stereocenters. The van der Waals surface area contributed by atoms with Gasteiger partial charge in [0.2, 0.25) is 5.78 Å². The van der Waals surface area contributed by atoms with Crippen LogP contribution in [0.5, 0.6) is 11.5 Å². The molecule has 0 aliphatic carbocycles. The number of carbonyl (C=O) groups is 1. The first kappa shape index (κ1) is 14.6. The van der Waals surface area contributed by atoms with Crippen molar-refractivity contribution < 1.29 is 14.3 Å². The van der Waals surface area contributed by atoms with Crippen LogP contribution in [0.1, 0.15) is 22.8 Å². The van der Waals surface area contributed by atoms with E-state index in [1.165, 1.54) is 0 Å². The third-order valence-corrected chi connectivity index (χ3v) is 3.06. The number of benzene rings is 2. The lowest BCUT2D eigenvalue weighted by atomic mass is 10.1. The minimum Gasteiger partial charge on any atom is -0.497 e. The molecule has 2 aromatic rings. The highest BCUT2D eigenvalue weighted by molar-refractivity contribution is 5.99. The van der Waals surface area contributed by atoms with Crippen molar-refractivity contribution >= 4 is 5.78 Å². The largest absolute Gasteiger partial charge is 0.497 e. The van der Waals surface area contributed by atoms with E-state index in [4.69, 9.17) is 14.7 Å². The molecule has 4 nitrogen and oxygen atoms in total.